The fourth-order valence-electron chi connectivity index (χ4n) is 4.73. The number of fused-ring (bicyclic) bond motifs is 1. The van der Waals surface area contributed by atoms with Crippen LogP contribution < -0.4 is 14.7 Å². The average Bonchev–Trinajstić information content (AvgIpc) is 2.88. The normalized spacial score (nSPS) is 15.7. The summed E-state index contributed by atoms with van der Waals surface area (Å²) in [5.74, 6) is 1.22. The number of rotatable bonds is 4. The van der Waals surface area contributed by atoms with E-state index in [1.165, 1.54) is 6.07 Å². The zero-order valence-electron chi connectivity index (χ0n) is 19.9. The Bertz CT molecular complexity index is 1240. The van der Waals surface area contributed by atoms with Crippen molar-refractivity contribution in [2.24, 2.45) is 0 Å². The number of carbonyl (C=O) groups is 1. The highest BCUT2D eigenvalue weighted by atomic mass is 35.5. The van der Waals surface area contributed by atoms with Gasteiger partial charge >= 0.3 is 0 Å². The first kappa shape index (κ1) is 23.4. The van der Waals surface area contributed by atoms with Gasteiger partial charge in [-0.3, -0.25) is 4.79 Å². The summed E-state index contributed by atoms with van der Waals surface area (Å²) in [6.07, 6.45) is 0.650. The van der Waals surface area contributed by atoms with Gasteiger partial charge in [0.1, 0.15) is 11.6 Å². The van der Waals surface area contributed by atoms with E-state index < -0.39 is 0 Å². The van der Waals surface area contributed by atoms with Crippen molar-refractivity contribution in [3.05, 3.63) is 76.2 Å². The van der Waals surface area contributed by atoms with Gasteiger partial charge in [0.05, 0.1) is 28.5 Å². The lowest BCUT2D eigenvalue weighted by Crippen LogP contribution is -2.47. The molecule has 0 N–H and O–H groups in total. The Morgan fingerprint density at radius 1 is 0.943 bits per heavy atom. The molecule has 0 saturated carbocycles. The summed E-state index contributed by atoms with van der Waals surface area (Å²) in [7, 11) is 3.91. The molecule has 1 aromatic heterocycles. The van der Waals surface area contributed by atoms with Crippen molar-refractivity contribution in [3.8, 4) is 0 Å². The van der Waals surface area contributed by atoms with Crippen molar-refractivity contribution in [2.75, 3.05) is 61.5 Å². The van der Waals surface area contributed by atoms with Gasteiger partial charge in [-0.25, -0.2) is 9.37 Å². The highest BCUT2D eigenvalue weighted by Crippen LogP contribution is 2.30. The van der Waals surface area contributed by atoms with Crippen molar-refractivity contribution in [1.29, 1.82) is 0 Å². The van der Waals surface area contributed by atoms with Crippen molar-refractivity contribution >= 4 is 35.0 Å². The quantitative estimate of drug-likeness (QED) is 0.549. The zero-order valence-corrected chi connectivity index (χ0v) is 20.7. The van der Waals surface area contributed by atoms with Crippen LogP contribution in [0.15, 0.2) is 48.5 Å². The molecule has 3 heterocycles. The van der Waals surface area contributed by atoms with Gasteiger partial charge in [-0.15, -0.1) is 0 Å². The number of nitrogens with zero attached hydrogens (tertiary/aromatic N) is 6. The zero-order chi connectivity index (χ0) is 24.5. The van der Waals surface area contributed by atoms with Gasteiger partial charge in [-0.2, -0.15) is 4.98 Å². The third-order valence-electron chi connectivity index (χ3n) is 6.60. The predicted octanol–water partition coefficient (Wildman–Crippen LogP) is 3.86. The van der Waals surface area contributed by atoms with E-state index in [9.17, 15) is 9.18 Å². The molecule has 1 saturated heterocycles. The number of aromatic nitrogens is 2. The number of benzene rings is 2. The average molecular weight is 495 g/mol. The molecule has 2 aliphatic rings. The maximum atomic E-state index is 14.2. The van der Waals surface area contributed by atoms with Crippen LogP contribution in [-0.4, -0.2) is 67.6 Å². The number of hydrogen-bond acceptors (Lipinski definition) is 6. The molecule has 2 aromatic carbocycles. The Balaban J connectivity index is 1.36. The largest absolute Gasteiger partial charge is 0.366 e. The summed E-state index contributed by atoms with van der Waals surface area (Å²) < 4.78 is 14.2. The fraction of sp³-hybridized carbons (Fsp3) is 0.346. The topological polar surface area (TPSA) is 55.8 Å². The van der Waals surface area contributed by atoms with E-state index in [1.54, 1.807) is 18.2 Å². The number of hydrogen-bond donors (Lipinski definition) is 0. The van der Waals surface area contributed by atoms with Gasteiger partial charge in [0.15, 0.2) is 0 Å². The van der Waals surface area contributed by atoms with Crippen LogP contribution in [-0.2, 0) is 13.0 Å². The van der Waals surface area contributed by atoms with Crippen LogP contribution in [0.25, 0.3) is 0 Å². The second-order valence-corrected chi connectivity index (χ2v) is 9.46. The predicted molar refractivity (Wildman–Crippen MR) is 137 cm³/mol. The van der Waals surface area contributed by atoms with E-state index >= 15 is 0 Å². The fourth-order valence-corrected chi connectivity index (χ4v) is 4.95. The van der Waals surface area contributed by atoms with E-state index in [0.717, 1.165) is 17.1 Å². The first-order valence-corrected chi connectivity index (χ1v) is 12.2. The molecule has 0 bridgehead atoms. The van der Waals surface area contributed by atoms with Crippen molar-refractivity contribution < 1.29 is 9.18 Å². The standard InChI is InChI=1S/C26H28ClFN6O/c1-31(2)24-19-17-34(25(35)18-7-3-4-8-20(18)27)12-11-22(19)29-26(30-24)33-15-13-32(14-16-33)23-10-6-5-9-21(23)28/h3-10H,11-17H2,1-2H3. The molecular formula is C26H28ClFN6O. The van der Waals surface area contributed by atoms with E-state index in [-0.39, 0.29) is 11.7 Å². The minimum atomic E-state index is -0.197. The molecule has 1 fully saturated rings. The Labute approximate surface area is 209 Å². The number of anilines is 3. The minimum Gasteiger partial charge on any atom is -0.366 e. The summed E-state index contributed by atoms with van der Waals surface area (Å²) >= 11 is 6.27. The number of para-hydroxylation sites is 1. The summed E-state index contributed by atoms with van der Waals surface area (Å²) in [6, 6.07) is 14.0. The maximum Gasteiger partial charge on any atom is 0.255 e. The van der Waals surface area contributed by atoms with Crippen LogP contribution in [0.1, 0.15) is 21.6 Å². The SMILES string of the molecule is CN(C)c1nc(N2CCN(c3ccccc3F)CC2)nc2c1CN(C(=O)c1ccccc1Cl)CC2. The lowest BCUT2D eigenvalue weighted by molar-refractivity contribution is 0.0734. The van der Waals surface area contributed by atoms with E-state index in [4.69, 9.17) is 21.6 Å². The highest BCUT2D eigenvalue weighted by molar-refractivity contribution is 6.33. The molecular weight excluding hydrogens is 467 g/mol. The molecule has 0 unspecified atom stereocenters. The van der Waals surface area contributed by atoms with Crippen molar-refractivity contribution in [3.63, 3.8) is 0 Å². The Morgan fingerprint density at radius 2 is 1.63 bits per heavy atom. The highest BCUT2D eigenvalue weighted by Gasteiger charge is 2.29. The van der Waals surface area contributed by atoms with Gasteiger partial charge < -0.3 is 19.6 Å². The molecule has 5 rings (SSSR count). The van der Waals surface area contributed by atoms with Crippen LogP contribution >= 0.6 is 11.6 Å². The Kier molecular flexibility index (Phi) is 6.47. The first-order chi connectivity index (χ1) is 16.9. The van der Waals surface area contributed by atoms with E-state index in [1.807, 2.05) is 48.2 Å². The smallest absolute Gasteiger partial charge is 0.255 e. The Morgan fingerprint density at radius 3 is 2.34 bits per heavy atom. The van der Waals surface area contributed by atoms with E-state index in [2.05, 4.69) is 9.80 Å². The van der Waals surface area contributed by atoms with E-state index in [0.29, 0.717) is 67.9 Å². The third kappa shape index (κ3) is 4.62. The summed E-state index contributed by atoms with van der Waals surface area (Å²) in [5.41, 5.74) is 3.08. The maximum absolute atomic E-state index is 14.2. The lowest BCUT2D eigenvalue weighted by Gasteiger charge is -2.37. The van der Waals surface area contributed by atoms with Crippen LogP contribution in [0.4, 0.5) is 21.8 Å². The molecule has 0 atom stereocenters. The lowest BCUT2D eigenvalue weighted by atomic mass is 10.0. The molecule has 2 aliphatic heterocycles. The molecule has 7 nitrogen and oxygen atoms in total. The number of amides is 1. The van der Waals surface area contributed by atoms with Gasteiger partial charge in [0, 0.05) is 58.8 Å². The van der Waals surface area contributed by atoms with Crippen LogP contribution in [0.3, 0.4) is 0 Å². The first-order valence-electron chi connectivity index (χ1n) is 11.8. The summed E-state index contributed by atoms with van der Waals surface area (Å²) in [4.78, 5) is 31.0. The third-order valence-corrected chi connectivity index (χ3v) is 6.93. The monoisotopic (exact) mass is 494 g/mol. The molecule has 3 aromatic rings. The molecule has 35 heavy (non-hydrogen) atoms. The second-order valence-electron chi connectivity index (χ2n) is 9.05. The Hall–Kier alpha value is -3.39. The van der Waals surface area contributed by atoms with Gasteiger partial charge in [-0.1, -0.05) is 35.9 Å². The number of carbonyl (C=O) groups excluding carboxylic acids is 1. The molecule has 0 aliphatic carbocycles. The van der Waals surface area contributed by atoms with Gasteiger partial charge in [-0.05, 0) is 24.3 Å². The van der Waals surface area contributed by atoms with Crippen molar-refractivity contribution in [2.45, 2.75) is 13.0 Å². The molecule has 0 radical (unpaired) electrons. The molecule has 9 heteroatoms. The minimum absolute atomic E-state index is 0.0840. The van der Waals surface area contributed by atoms with Crippen molar-refractivity contribution in [1.82, 2.24) is 14.9 Å². The molecule has 182 valence electrons. The van der Waals surface area contributed by atoms with Crippen LogP contribution in [0, 0.1) is 5.82 Å². The number of halogens is 2. The van der Waals surface area contributed by atoms with Crippen LogP contribution in [0.5, 0.6) is 0 Å². The molecule has 0 spiro atoms. The molecule has 1 amide bonds. The van der Waals surface area contributed by atoms with Crippen LogP contribution in [0.2, 0.25) is 5.02 Å². The van der Waals surface area contributed by atoms with Gasteiger partial charge in [0.2, 0.25) is 5.95 Å². The second kappa shape index (κ2) is 9.70. The summed E-state index contributed by atoms with van der Waals surface area (Å²) in [6.45, 7) is 3.81. The summed E-state index contributed by atoms with van der Waals surface area (Å²) in [5, 5.41) is 0.456. The number of piperazine rings is 1. The van der Waals surface area contributed by atoms with Gasteiger partial charge in [0.25, 0.3) is 5.91 Å².